The predicted molar refractivity (Wildman–Crippen MR) is 45.8 cm³/mol. The number of rotatable bonds is 4. The molecule has 1 heterocycles. The first kappa shape index (κ1) is 9.26. The summed E-state index contributed by atoms with van der Waals surface area (Å²) in [5.74, 6) is 0.934. The lowest BCUT2D eigenvalue weighted by molar-refractivity contribution is 0.264. The third kappa shape index (κ3) is 1.67. The van der Waals surface area contributed by atoms with E-state index in [1.807, 2.05) is 6.92 Å². The Hall–Kier alpha value is -0.830. The Balaban J connectivity index is 2.88. The van der Waals surface area contributed by atoms with Crippen LogP contribution in [0.3, 0.4) is 0 Å². The number of hydrogen-bond donors (Lipinski definition) is 1. The predicted octanol–water partition coefficient (Wildman–Crippen LogP) is 1.68. The minimum absolute atomic E-state index is 0.0175. The highest BCUT2D eigenvalue weighted by Crippen LogP contribution is 2.16. The molecule has 0 aromatic carbocycles. The highest BCUT2D eigenvalue weighted by atomic mass is 16.5. The fraction of sp³-hybridized carbons (Fsp3) is 0.667. The number of aliphatic hydroxyl groups excluding tert-OH is 1. The van der Waals surface area contributed by atoms with Crippen LogP contribution < -0.4 is 0 Å². The van der Waals surface area contributed by atoms with Crippen molar-refractivity contribution in [2.75, 3.05) is 0 Å². The van der Waals surface area contributed by atoms with Crippen LogP contribution in [0.5, 0.6) is 0 Å². The van der Waals surface area contributed by atoms with Crippen molar-refractivity contribution in [3.05, 3.63) is 17.0 Å². The number of nitrogens with zero attached hydrogens (tertiary/aromatic N) is 1. The summed E-state index contributed by atoms with van der Waals surface area (Å²) in [5, 5.41) is 12.7. The maximum absolute atomic E-state index is 8.91. The normalized spacial score (nSPS) is 10.6. The highest BCUT2D eigenvalue weighted by molar-refractivity contribution is 5.22. The molecule has 0 saturated carbocycles. The van der Waals surface area contributed by atoms with Gasteiger partial charge in [-0.15, -0.1) is 0 Å². The molecule has 0 aliphatic heterocycles. The Morgan fingerprint density at radius 1 is 1.42 bits per heavy atom. The average Bonchev–Trinajstić information content (AvgIpc) is 2.47. The van der Waals surface area contributed by atoms with Crippen molar-refractivity contribution in [2.24, 2.45) is 0 Å². The molecule has 0 bridgehead atoms. The van der Waals surface area contributed by atoms with Gasteiger partial charge in [0.1, 0.15) is 11.5 Å². The van der Waals surface area contributed by atoms with Gasteiger partial charge in [-0.3, -0.25) is 0 Å². The molecule has 0 saturated heterocycles. The molecule has 0 aliphatic carbocycles. The topological polar surface area (TPSA) is 46.3 Å². The van der Waals surface area contributed by atoms with Crippen LogP contribution in [-0.4, -0.2) is 10.3 Å². The molecule has 0 fully saturated rings. The Morgan fingerprint density at radius 3 is 2.67 bits per heavy atom. The molecule has 1 rings (SSSR count). The Bertz CT molecular complexity index is 243. The number of aromatic nitrogens is 1. The zero-order chi connectivity index (χ0) is 8.97. The van der Waals surface area contributed by atoms with Crippen molar-refractivity contribution >= 4 is 0 Å². The van der Waals surface area contributed by atoms with Gasteiger partial charge in [-0.1, -0.05) is 19.0 Å². The van der Waals surface area contributed by atoms with Crippen molar-refractivity contribution in [2.45, 2.75) is 39.7 Å². The average molecular weight is 169 g/mol. The van der Waals surface area contributed by atoms with E-state index < -0.39 is 0 Å². The Kier molecular flexibility index (Phi) is 3.29. The van der Waals surface area contributed by atoms with E-state index in [4.69, 9.17) is 9.63 Å². The highest BCUT2D eigenvalue weighted by Gasteiger charge is 2.11. The van der Waals surface area contributed by atoms with Crippen LogP contribution in [0.1, 0.15) is 37.3 Å². The summed E-state index contributed by atoms with van der Waals surface area (Å²) in [7, 11) is 0. The van der Waals surface area contributed by atoms with E-state index in [0.717, 1.165) is 30.6 Å². The van der Waals surface area contributed by atoms with Crippen molar-refractivity contribution < 1.29 is 9.63 Å². The van der Waals surface area contributed by atoms with Gasteiger partial charge in [0, 0.05) is 12.0 Å². The first-order valence-electron chi connectivity index (χ1n) is 4.40. The number of aryl methyl sites for hydroxylation is 1. The summed E-state index contributed by atoms with van der Waals surface area (Å²) in [5.41, 5.74) is 1.78. The van der Waals surface area contributed by atoms with E-state index in [1.54, 1.807) is 0 Å². The zero-order valence-electron chi connectivity index (χ0n) is 7.63. The lowest BCUT2D eigenvalue weighted by Crippen LogP contribution is -1.92. The monoisotopic (exact) mass is 169 g/mol. The SMILES string of the molecule is CCCc1onc(CO)c1CC. The molecular weight excluding hydrogens is 154 g/mol. The minimum atomic E-state index is -0.0175. The molecule has 0 atom stereocenters. The summed E-state index contributed by atoms with van der Waals surface area (Å²) in [6, 6.07) is 0. The van der Waals surface area contributed by atoms with Gasteiger partial charge in [0.05, 0.1) is 6.61 Å². The molecule has 12 heavy (non-hydrogen) atoms. The van der Waals surface area contributed by atoms with Crippen LogP contribution in [-0.2, 0) is 19.4 Å². The van der Waals surface area contributed by atoms with Crippen molar-refractivity contribution in [1.29, 1.82) is 0 Å². The van der Waals surface area contributed by atoms with Crippen LogP contribution in [0.25, 0.3) is 0 Å². The van der Waals surface area contributed by atoms with Gasteiger partial charge in [0.15, 0.2) is 0 Å². The second-order valence-electron chi connectivity index (χ2n) is 2.79. The third-order valence-corrected chi connectivity index (χ3v) is 1.93. The van der Waals surface area contributed by atoms with Gasteiger partial charge in [-0.2, -0.15) is 0 Å². The molecule has 0 aliphatic rings. The molecule has 1 N–H and O–H groups in total. The largest absolute Gasteiger partial charge is 0.390 e. The maximum atomic E-state index is 8.91. The minimum Gasteiger partial charge on any atom is -0.390 e. The first-order chi connectivity index (χ1) is 5.83. The number of hydrogen-bond acceptors (Lipinski definition) is 3. The van der Waals surface area contributed by atoms with Crippen LogP contribution in [0.2, 0.25) is 0 Å². The molecule has 3 heteroatoms. The number of aliphatic hydroxyl groups is 1. The molecular formula is C9H15NO2. The van der Waals surface area contributed by atoms with Gasteiger partial charge >= 0.3 is 0 Å². The molecule has 1 aromatic rings. The molecule has 0 unspecified atom stereocenters. The second kappa shape index (κ2) is 4.26. The molecule has 0 spiro atoms. The van der Waals surface area contributed by atoms with E-state index in [1.165, 1.54) is 0 Å². The van der Waals surface area contributed by atoms with Gasteiger partial charge in [-0.05, 0) is 12.8 Å². The Morgan fingerprint density at radius 2 is 2.17 bits per heavy atom. The lowest BCUT2D eigenvalue weighted by atomic mass is 10.1. The van der Waals surface area contributed by atoms with Crippen LogP contribution in [0.15, 0.2) is 4.52 Å². The zero-order valence-corrected chi connectivity index (χ0v) is 7.63. The summed E-state index contributed by atoms with van der Waals surface area (Å²) in [6.45, 7) is 4.13. The van der Waals surface area contributed by atoms with Crippen LogP contribution >= 0.6 is 0 Å². The van der Waals surface area contributed by atoms with E-state index in [-0.39, 0.29) is 6.61 Å². The summed E-state index contributed by atoms with van der Waals surface area (Å²) < 4.78 is 5.11. The summed E-state index contributed by atoms with van der Waals surface area (Å²) in [6.07, 6.45) is 2.85. The fourth-order valence-corrected chi connectivity index (χ4v) is 1.33. The van der Waals surface area contributed by atoms with Crippen molar-refractivity contribution in [3.8, 4) is 0 Å². The van der Waals surface area contributed by atoms with E-state index in [2.05, 4.69) is 12.1 Å². The van der Waals surface area contributed by atoms with Crippen molar-refractivity contribution in [1.82, 2.24) is 5.16 Å². The van der Waals surface area contributed by atoms with Gasteiger partial charge < -0.3 is 9.63 Å². The molecule has 1 aromatic heterocycles. The van der Waals surface area contributed by atoms with Gasteiger partial charge in [0.25, 0.3) is 0 Å². The lowest BCUT2D eigenvalue weighted by Gasteiger charge is -1.96. The van der Waals surface area contributed by atoms with Crippen LogP contribution in [0, 0.1) is 0 Å². The summed E-state index contributed by atoms with van der Waals surface area (Å²) >= 11 is 0. The van der Waals surface area contributed by atoms with Gasteiger partial charge in [0.2, 0.25) is 0 Å². The van der Waals surface area contributed by atoms with E-state index >= 15 is 0 Å². The molecule has 3 nitrogen and oxygen atoms in total. The summed E-state index contributed by atoms with van der Waals surface area (Å²) in [4.78, 5) is 0. The van der Waals surface area contributed by atoms with E-state index in [9.17, 15) is 0 Å². The van der Waals surface area contributed by atoms with Crippen molar-refractivity contribution in [3.63, 3.8) is 0 Å². The van der Waals surface area contributed by atoms with Gasteiger partial charge in [-0.25, -0.2) is 0 Å². The fourth-order valence-electron chi connectivity index (χ4n) is 1.33. The second-order valence-corrected chi connectivity index (χ2v) is 2.79. The first-order valence-corrected chi connectivity index (χ1v) is 4.40. The molecule has 68 valence electrons. The molecule has 0 radical (unpaired) electrons. The Labute approximate surface area is 72.4 Å². The smallest absolute Gasteiger partial charge is 0.140 e. The standard InChI is InChI=1S/C9H15NO2/c1-3-5-9-7(4-2)8(6-11)10-12-9/h11H,3-6H2,1-2H3. The van der Waals surface area contributed by atoms with E-state index in [0.29, 0.717) is 5.69 Å². The maximum Gasteiger partial charge on any atom is 0.140 e. The third-order valence-electron chi connectivity index (χ3n) is 1.93. The quantitative estimate of drug-likeness (QED) is 0.746. The van der Waals surface area contributed by atoms with Crippen LogP contribution in [0.4, 0.5) is 0 Å². The molecule has 0 amide bonds.